The summed E-state index contributed by atoms with van der Waals surface area (Å²) in [5.74, 6) is 2.21. The van der Waals surface area contributed by atoms with Crippen LogP contribution < -0.4 is 9.47 Å². The Morgan fingerprint density at radius 2 is 1.39 bits per heavy atom. The summed E-state index contributed by atoms with van der Waals surface area (Å²) >= 11 is 0. The lowest BCUT2D eigenvalue weighted by atomic mass is 9.80. The Kier molecular flexibility index (Phi) is 11.3. The van der Waals surface area contributed by atoms with Gasteiger partial charge in [-0.15, -0.1) is 0 Å². The zero-order valence-electron chi connectivity index (χ0n) is 24.7. The molecule has 7 heteroatoms. The van der Waals surface area contributed by atoms with E-state index >= 15 is 0 Å². The van der Waals surface area contributed by atoms with Crippen molar-refractivity contribution in [1.82, 2.24) is 4.90 Å². The van der Waals surface area contributed by atoms with Crippen LogP contribution in [0.1, 0.15) is 36.0 Å². The molecule has 0 radical (unpaired) electrons. The Bertz CT molecular complexity index is 1150. The topological polar surface area (TPSA) is 66.5 Å². The standard InChI is InChI=1S/C34H43NO6/c1-35-24-26(23-31(36)18-19-37-2)22-30(35)25-40-20-21-41-34(27-8-6-5-7-9-27,28-10-14-32(38-3)15-11-28)29-12-16-33(39-4)17-13-29/h5-17,26,30H,18-25H2,1-4H3/t26-,30?/m0/s1. The van der Waals surface area contributed by atoms with Gasteiger partial charge in [0.25, 0.3) is 0 Å². The molecule has 1 heterocycles. The van der Waals surface area contributed by atoms with Gasteiger partial charge >= 0.3 is 0 Å². The average molecular weight is 562 g/mol. The number of ketones is 1. The van der Waals surface area contributed by atoms with Crippen molar-refractivity contribution in [3.63, 3.8) is 0 Å². The summed E-state index contributed by atoms with van der Waals surface area (Å²) in [6, 6.07) is 26.6. The minimum absolute atomic E-state index is 0.273. The first-order valence-corrected chi connectivity index (χ1v) is 14.3. The van der Waals surface area contributed by atoms with Gasteiger partial charge in [-0.3, -0.25) is 4.79 Å². The molecule has 3 aromatic carbocycles. The zero-order chi connectivity index (χ0) is 29.1. The van der Waals surface area contributed by atoms with E-state index in [0.29, 0.717) is 45.2 Å². The van der Waals surface area contributed by atoms with E-state index in [1.807, 2.05) is 42.5 Å². The van der Waals surface area contributed by atoms with Gasteiger partial charge in [0.05, 0.1) is 40.6 Å². The Labute approximate surface area is 244 Å². The highest BCUT2D eigenvalue weighted by atomic mass is 16.5. The molecule has 1 aliphatic rings. The number of carbonyl (C=O) groups excluding carboxylic acids is 1. The minimum Gasteiger partial charge on any atom is -0.497 e. The molecule has 1 fully saturated rings. The van der Waals surface area contributed by atoms with Gasteiger partial charge in [0.15, 0.2) is 0 Å². The highest BCUT2D eigenvalue weighted by Gasteiger charge is 2.38. The first kappa shape index (κ1) is 30.7. The van der Waals surface area contributed by atoms with Gasteiger partial charge in [-0.1, -0.05) is 54.6 Å². The number of carbonyl (C=O) groups is 1. The van der Waals surface area contributed by atoms with Gasteiger partial charge in [0.2, 0.25) is 0 Å². The van der Waals surface area contributed by atoms with Gasteiger partial charge in [0, 0.05) is 32.5 Å². The predicted molar refractivity (Wildman–Crippen MR) is 160 cm³/mol. The summed E-state index contributed by atoms with van der Waals surface area (Å²) in [5.41, 5.74) is 2.14. The molecule has 0 N–H and O–H groups in total. The molecule has 1 unspecified atom stereocenters. The van der Waals surface area contributed by atoms with Crippen LogP contribution in [0.4, 0.5) is 0 Å². The molecule has 0 spiro atoms. The number of hydrogen-bond donors (Lipinski definition) is 0. The molecule has 1 aliphatic heterocycles. The molecule has 220 valence electrons. The smallest absolute Gasteiger partial charge is 0.143 e. The summed E-state index contributed by atoms with van der Waals surface area (Å²) < 4.78 is 29.0. The fourth-order valence-corrected chi connectivity index (χ4v) is 5.73. The van der Waals surface area contributed by atoms with Crippen molar-refractivity contribution in [3.05, 3.63) is 95.6 Å². The maximum atomic E-state index is 12.2. The van der Waals surface area contributed by atoms with Crippen LogP contribution in [0.5, 0.6) is 11.5 Å². The molecule has 0 amide bonds. The number of methoxy groups -OCH3 is 3. The molecule has 41 heavy (non-hydrogen) atoms. The number of hydrogen-bond acceptors (Lipinski definition) is 7. The third-order valence-corrected chi connectivity index (χ3v) is 7.91. The third-order valence-electron chi connectivity index (χ3n) is 7.91. The lowest BCUT2D eigenvalue weighted by molar-refractivity contribution is -0.120. The van der Waals surface area contributed by atoms with Gasteiger partial charge in [-0.25, -0.2) is 0 Å². The minimum atomic E-state index is -0.860. The first-order valence-electron chi connectivity index (χ1n) is 14.3. The highest BCUT2D eigenvalue weighted by molar-refractivity contribution is 5.78. The van der Waals surface area contributed by atoms with Crippen molar-refractivity contribution in [2.75, 3.05) is 61.3 Å². The Balaban J connectivity index is 1.47. The van der Waals surface area contributed by atoms with E-state index in [4.69, 9.17) is 23.7 Å². The van der Waals surface area contributed by atoms with Crippen LogP contribution in [-0.4, -0.2) is 78.1 Å². The summed E-state index contributed by atoms with van der Waals surface area (Å²) in [6.45, 7) is 2.85. The second kappa shape index (κ2) is 15.1. The van der Waals surface area contributed by atoms with E-state index in [2.05, 4.69) is 48.3 Å². The van der Waals surface area contributed by atoms with Crippen LogP contribution in [0.2, 0.25) is 0 Å². The van der Waals surface area contributed by atoms with Crippen molar-refractivity contribution >= 4 is 5.78 Å². The number of ether oxygens (including phenoxy) is 5. The maximum absolute atomic E-state index is 12.2. The second-order valence-electron chi connectivity index (χ2n) is 10.6. The molecule has 2 atom stereocenters. The number of benzene rings is 3. The fraction of sp³-hybridized carbons (Fsp3) is 0.441. The van der Waals surface area contributed by atoms with Crippen LogP contribution in [-0.2, 0) is 24.6 Å². The summed E-state index contributed by atoms with van der Waals surface area (Å²) in [5, 5.41) is 0. The molecule has 0 saturated carbocycles. The zero-order valence-corrected chi connectivity index (χ0v) is 24.7. The van der Waals surface area contributed by atoms with E-state index in [9.17, 15) is 4.79 Å². The number of rotatable bonds is 16. The molecule has 0 bridgehead atoms. The van der Waals surface area contributed by atoms with Crippen molar-refractivity contribution < 1.29 is 28.5 Å². The van der Waals surface area contributed by atoms with Crippen molar-refractivity contribution in [3.8, 4) is 11.5 Å². The van der Waals surface area contributed by atoms with Gasteiger partial charge in [-0.05, 0) is 60.3 Å². The van der Waals surface area contributed by atoms with Gasteiger partial charge in [0.1, 0.15) is 22.9 Å². The average Bonchev–Trinajstić information content (AvgIpc) is 3.36. The van der Waals surface area contributed by atoms with Gasteiger partial charge < -0.3 is 28.6 Å². The molecule has 7 nitrogen and oxygen atoms in total. The van der Waals surface area contributed by atoms with Crippen LogP contribution in [0.15, 0.2) is 78.9 Å². The van der Waals surface area contributed by atoms with E-state index in [1.54, 1.807) is 21.3 Å². The van der Waals surface area contributed by atoms with Gasteiger partial charge in [-0.2, -0.15) is 0 Å². The Morgan fingerprint density at radius 1 is 0.805 bits per heavy atom. The number of likely N-dealkylation sites (N-methyl/N-ethyl adjacent to an activating group) is 1. The Morgan fingerprint density at radius 3 is 1.95 bits per heavy atom. The molecule has 0 aliphatic carbocycles. The fourth-order valence-electron chi connectivity index (χ4n) is 5.73. The summed E-state index contributed by atoms with van der Waals surface area (Å²) in [7, 11) is 7.07. The maximum Gasteiger partial charge on any atom is 0.143 e. The summed E-state index contributed by atoms with van der Waals surface area (Å²) in [4.78, 5) is 14.5. The number of likely N-dealkylation sites (tertiary alicyclic amines) is 1. The molecule has 3 aromatic rings. The van der Waals surface area contributed by atoms with E-state index < -0.39 is 5.60 Å². The van der Waals surface area contributed by atoms with E-state index in [1.165, 1.54) is 0 Å². The van der Waals surface area contributed by atoms with E-state index in [-0.39, 0.29) is 11.8 Å². The second-order valence-corrected chi connectivity index (χ2v) is 10.6. The lowest BCUT2D eigenvalue weighted by Gasteiger charge is -2.36. The lowest BCUT2D eigenvalue weighted by Crippen LogP contribution is -2.35. The van der Waals surface area contributed by atoms with Crippen molar-refractivity contribution in [1.29, 1.82) is 0 Å². The van der Waals surface area contributed by atoms with Crippen molar-refractivity contribution in [2.45, 2.75) is 30.9 Å². The quantitative estimate of drug-likeness (QED) is 0.173. The molecule has 0 aromatic heterocycles. The largest absolute Gasteiger partial charge is 0.497 e. The highest BCUT2D eigenvalue weighted by Crippen LogP contribution is 2.41. The summed E-state index contributed by atoms with van der Waals surface area (Å²) in [6.07, 6.45) is 2.05. The van der Waals surface area contributed by atoms with Crippen LogP contribution in [0.25, 0.3) is 0 Å². The van der Waals surface area contributed by atoms with Crippen LogP contribution in [0.3, 0.4) is 0 Å². The predicted octanol–water partition coefficient (Wildman–Crippen LogP) is 5.34. The van der Waals surface area contributed by atoms with Crippen LogP contribution in [0, 0.1) is 5.92 Å². The SMILES string of the molecule is COCCC(=O)C[C@@H]1CC(COCCOC(c2ccccc2)(c2ccc(OC)cc2)c2ccc(OC)cc2)N(C)C1. The molecular weight excluding hydrogens is 518 g/mol. The third kappa shape index (κ3) is 7.74. The normalized spacial score (nSPS) is 17.5. The number of nitrogens with zero attached hydrogens (tertiary/aromatic N) is 1. The molecule has 1 saturated heterocycles. The van der Waals surface area contributed by atoms with Crippen LogP contribution >= 0.6 is 0 Å². The van der Waals surface area contributed by atoms with E-state index in [0.717, 1.165) is 41.2 Å². The van der Waals surface area contributed by atoms with Crippen molar-refractivity contribution in [2.24, 2.45) is 5.92 Å². The molecule has 4 rings (SSSR count). The molecular formula is C34H43NO6. The Hall–Kier alpha value is -3.23. The monoisotopic (exact) mass is 561 g/mol. The first-order chi connectivity index (χ1) is 20.0. The number of Topliss-reactive ketones (excluding diaryl/α,β-unsaturated/α-hetero) is 1.